The van der Waals surface area contributed by atoms with Crippen LogP contribution in [0, 0.1) is 5.92 Å². The summed E-state index contributed by atoms with van der Waals surface area (Å²) in [4.78, 5) is 11.8. The Balaban J connectivity index is 0.00000324. The van der Waals surface area contributed by atoms with Gasteiger partial charge in [0.05, 0.1) is 0 Å². The molecule has 0 atom stereocenters. The molecule has 0 radical (unpaired) electrons. The van der Waals surface area contributed by atoms with Crippen LogP contribution >= 0.6 is 0 Å². The minimum atomic E-state index is -0.0175. The summed E-state index contributed by atoms with van der Waals surface area (Å²) in [6.45, 7) is 5.43. The zero-order chi connectivity index (χ0) is 13.4. The maximum Gasteiger partial charge on any atom is 1.00 e. The van der Waals surface area contributed by atoms with Crippen LogP contribution in [0.5, 0.6) is 0 Å². The van der Waals surface area contributed by atoms with Crippen LogP contribution in [0.4, 0.5) is 0 Å². The summed E-state index contributed by atoms with van der Waals surface area (Å²) in [7, 11) is 0. The second-order valence-electron chi connectivity index (χ2n) is 5.02. The van der Waals surface area contributed by atoms with E-state index >= 15 is 0 Å². The fourth-order valence-corrected chi connectivity index (χ4v) is 1.76. The van der Waals surface area contributed by atoms with Crippen LogP contribution in [-0.2, 0) is 6.54 Å². The van der Waals surface area contributed by atoms with Gasteiger partial charge in [-0.1, -0.05) is 44.4 Å². The minimum Gasteiger partial charge on any atom is -0.674 e. The molecule has 100 valence electrons. The fraction of sp³-hybridized carbons (Fsp3) is 0.533. The van der Waals surface area contributed by atoms with Gasteiger partial charge < -0.3 is 11.1 Å². The predicted octanol–water partition coefficient (Wildman–Crippen LogP) is 0.799. The van der Waals surface area contributed by atoms with Crippen LogP contribution < -0.4 is 63.5 Å². The first-order valence-electron chi connectivity index (χ1n) is 6.65. The average molecular weight is 333 g/mol. The molecule has 0 aromatic heterocycles. The largest absolute Gasteiger partial charge is 1.00 e. The molecule has 19 heavy (non-hydrogen) atoms. The summed E-state index contributed by atoms with van der Waals surface area (Å²) in [5, 5.41) is 2.92. The molecule has 0 heterocycles. The van der Waals surface area contributed by atoms with Crippen molar-refractivity contribution in [3.63, 3.8) is 0 Å². The third kappa shape index (κ3) is 8.36. The summed E-state index contributed by atoms with van der Waals surface area (Å²) in [5.74, 6) is 0.717. The molecule has 0 aliphatic rings. The van der Waals surface area contributed by atoms with Gasteiger partial charge in [-0.2, -0.15) is 0 Å². The van der Waals surface area contributed by atoms with Gasteiger partial charge in [0, 0.05) is 12.1 Å². The van der Waals surface area contributed by atoms with Crippen molar-refractivity contribution in [1.82, 2.24) is 5.32 Å². The molecule has 0 saturated heterocycles. The molecule has 0 aliphatic heterocycles. The van der Waals surface area contributed by atoms with Gasteiger partial charge in [-0.25, -0.2) is 0 Å². The number of nitrogens with one attached hydrogen (secondary N) is 2. The van der Waals surface area contributed by atoms with Crippen molar-refractivity contribution in [3.05, 3.63) is 41.1 Å². The van der Waals surface area contributed by atoms with Crippen LogP contribution in [-0.4, -0.2) is 12.5 Å². The van der Waals surface area contributed by atoms with E-state index < -0.39 is 0 Å². The number of carbonyl (C=O) groups is 1. The summed E-state index contributed by atoms with van der Waals surface area (Å²) in [6.07, 6.45) is 3.42. The van der Waals surface area contributed by atoms with Crippen LogP contribution in [0.15, 0.2) is 24.3 Å². The monoisotopic (exact) mass is 332 g/mol. The van der Waals surface area contributed by atoms with Gasteiger partial charge in [0.25, 0.3) is 5.91 Å². The van der Waals surface area contributed by atoms with E-state index in [-0.39, 0.29) is 70.6 Å². The molecule has 1 aromatic carbocycles. The van der Waals surface area contributed by atoms with Crippen molar-refractivity contribution in [2.45, 2.75) is 39.7 Å². The zero-order valence-corrected chi connectivity index (χ0v) is 17.2. The molecule has 0 spiro atoms. The molecular formula is C15H23N2ORb. The van der Waals surface area contributed by atoms with Crippen LogP contribution in [0.3, 0.4) is 0 Å². The second kappa shape index (κ2) is 11.2. The van der Waals surface area contributed by atoms with Crippen molar-refractivity contribution in [1.29, 1.82) is 0 Å². The molecule has 4 heteroatoms. The molecule has 1 aromatic rings. The Labute approximate surface area is 165 Å². The molecule has 1 amide bonds. The smallest absolute Gasteiger partial charge is 0.674 e. The van der Waals surface area contributed by atoms with Gasteiger partial charge in [-0.05, 0) is 24.5 Å². The van der Waals surface area contributed by atoms with Crippen LogP contribution in [0.2, 0.25) is 0 Å². The molecule has 3 nitrogen and oxygen atoms in total. The number of hydrogen-bond donors (Lipinski definition) is 1. The van der Waals surface area contributed by atoms with Crippen LogP contribution in [0.1, 0.15) is 49.0 Å². The van der Waals surface area contributed by atoms with E-state index in [4.69, 9.17) is 5.73 Å². The van der Waals surface area contributed by atoms with E-state index in [1.54, 1.807) is 12.1 Å². The Kier molecular flexibility index (Phi) is 11.4. The fourth-order valence-electron chi connectivity index (χ4n) is 1.76. The summed E-state index contributed by atoms with van der Waals surface area (Å²) in [6, 6.07) is 7.24. The van der Waals surface area contributed by atoms with Gasteiger partial charge in [0.15, 0.2) is 0 Å². The maximum atomic E-state index is 11.8. The summed E-state index contributed by atoms with van der Waals surface area (Å²) < 4.78 is 0. The van der Waals surface area contributed by atoms with Crippen molar-refractivity contribution in [2.24, 2.45) is 5.92 Å². The van der Waals surface area contributed by atoms with Crippen molar-refractivity contribution >= 4 is 5.91 Å². The summed E-state index contributed by atoms with van der Waals surface area (Å²) in [5.41, 5.74) is 8.82. The van der Waals surface area contributed by atoms with Crippen molar-refractivity contribution in [2.75, 3.05) is 6.54 Å². The van der Waals surface area contributed by atoms with Gasteiger partial charge in [-0.15, -0.1) is 6.54 Å². The Morgan fingerprint density at radius 2 is 1.84 bits per heavy atom. The first kappa shape index (κ1) is 19.5. The first-order chi connectivity index (χ1) is 8.63. The van der Waals surface area contributed by atoms with Gasteiger partial charge in [-0.3, -0.25) is 4.79 Å². The topological polar surface area (TPSA) is 52.9 Å². The predicted molar refractivity (Wildman–Crippen MR) is 75.5 cm³/mol. The van der Waals surface area contributed by atoms with E-state index in [1.807, 2.05) is 12.1 Å². The van der Waals surface area contributed by atoms with Gasteiger partial charge in [0.1, 0.15) is 0 Å². The number of carbonyl (C=O) groups excluding carboxylic acids is 1. The number of rotatable bonds is 7. The minimum absolute atomic E-state index is 0. The Morgan fingerprint density at radius 3 is 2.37 bits per heavy atom. The Hall–Kier alpha value is 0.455. The molecule has 0 aliphatic carbocycles. The SMILES string of the molecule is CC(C)CCCCNC(=O)c1ccc(C[NH-])cc1.[Rb+]. The number of amides is 1. The van der Waals surface area contributed by atoms with E-state index in [0.29, 0.717) is 5.56 Å². The number of hydrogen-bond acceptors (Lipinski definition) is 1. The average Bonchev–Trinajstić information content (AvgIpc) is 2.38. The third-order valence-corrected chi connectivity index (χ3v) is 2.91. The Morgan fingerprint density at radius 1 is 1.21 bits per heavy atom. The number of unbranched alkanes of at least 4 members (excludes halogenated alkanes) is 1. The maximum absolute atomic E-state index is 11.8. The van der Waals surface area contributed by atoms with E-state index in [2.05, 4.69) is 19.2 Å². The zero-order valence-electron chi connectivity index (χ0n) is 12.3. The molecule has 0 bridgehead atoms. The third-order valence-electron chi connectivity index (χ3n) is 2.91. The van der Waals surface area contributed by atoms with E-state index in [0.717, 1.165) is 30.9 Å². The standard InChI is InChI=1S/C15H23N2O.Rb/c1-12(2)5-3-4-10-17-15(18)14-8-6-13(11-16)7-9-14;/h6-9,12,16H,3-5,10-11H2,1-2H3,(H,17,18);/q-1;+1. The Bertz CT molecular complexity index is 363. The number of benzene rings is 1. The second-order valence-corrected chi connectivity index (χ2v) is 5.02. The van der Waals surface area contributed by atoms with Gasteiger partial charge >= 0.3 is 58.2 Å². The van der Waals surface area contributed by atoms with Crippen molar-refractivity contribution in [3.8, 4) is 0 Å². The molecule has 1 rings (SSSR count). The van der Waals surface area contributed by atoms with Crippen molar-refractivity contribution < 1.29 is 63.0 Å². The first-order valence-corrected chi connectivity index (χ1v) is 6.65. The normalized spacial score (nSPS) is 10.1. The molecule has 0 fully saturated rings. The quantitative estimate of drug-likeness (QED) is 0.738. The van der Waals surface area contributed by atoms with E-state index in [1.165, 1.54) is 6.42 Å². The molecule has 2 N–H and O–H groups in total. The summed E-state index contributed by atoms with van der Waals surface area (Å²) >= 11 is 0. The molecule has 0 unspecified atom stereocenters. The van der Waals surface area contributed by atoms with Crippen LogP contribution in [0.25, 0.3) is 5.73 Å². The molecular weight excluding hydrogens is 310 g/mol. The molecule has 0 saturated carbocycles. The van der Waals surface area contributed by atoms with Gasteiger partial charge in [0.2, 0.25) is 0 Å². The van der Waals surface area contributed by atoms with E-state index in [9.17, 15) is 4.79 Å².